The molecule has 2 nitrogen and oxygen atoms in total. The molecular formula is C12H28N2. The molecule has 0 fully saturated rings. The van der Waals surface area contributed by atoms with Gasteiger partial charge in [0.1, 0.15) is 0 Å². The first kappa shape index (κ1) is 13.9. The Morgan fingerprint density at radius 2 is 1.71 bits per heavy atom. The van der Waals surface area contributed by atoms with Gasteiger partial charge in [-0.1, -0.05) is 27.7 Å². The van der Waals surface area contributed by atoms with Gasteiger partial charge < -0.3 is 10.6 Å². The van der Waals surface area contributed by atoms with Gasteiger partial charge in [-0.15, -0.1) is 0 Å². The van der Waals surface area contributed by atoms with E-state index in [-0.39, 0.29) is 0 Å². The van der Waals surface area contributed by atoms with Crippen molar-refractivity contribution in [3.05, 3.63) is 0 Å². The highest BCUT2D eigenvalue weighted by molar-refractivity contribution is 4.67. The van der Waals surface area contributed by atoms with Crippen LogP contribution in [0.5, 0.6) is 0 Å². The highest BCUT2D eigenvalue weighted by Crippen LogP contribution is 2.14. The van der Waals surface area contributed by atoms with Gasteiger partial charge in [0.25, 0.3) is 0 Å². The van der Waals surface area contributed by atoms with E-state index in [9.17, 15) is 0 Å². The molecule has 0 rings (SSSR count). The summed E-state index contributed by atoms with van der Waals surface area (Å²) in [4.78, 5) is 0. The molecule has 0 saturated carbocycles. The fraction of sp³-hybridized carbons (Fsp3) is 1.00. The molecule has 0 amide bonds. The molecule has 0 aromatic heterocycles. The SMILES string of the molecule is CNCC[C@@H](CNC(C)C)CC(C)C. The van der Waals surface area contributed by atoms with E-state index in [1.807, 2.05) is 7.05 Å². The van der Waals surface area contributed by atoms with Gasteiger partial charge >= 0.3 is 0 Å². The quantitative estimate of drug-likeness (QED) is 0.628. The van der Waals surface area contributed by atoms with E-state index in [4.69, 9.17) is 0 Å². The zero-order chi connectivity index (χ0) is 11.0. The smallest absolute Gasteiger partial charge is 0.00104 e. The third kappa shape index (κ3) is 8.52. The summed E-state index contributed by atoms with van der Waals surface area (Å²) < 4.78 is 0. The molecule has 0 saturated heterocycles. The van der Waals surface area contributed by atoms with Gasteiger partial charge in [0.15, 0.2) is 0 Å². The minimum absolute atomic E-state index is 0.610. The van der Waals surface area contributed by atoms with Crippen molar-refractivity contribution in [2.45, 2.75) is 46.6 Å². The Bertz CT molecular complexity index is 121. The van der Waals surface area contributed by atoms with Crippen LogP contribution in [-0.4, -0.2) is 26.2 Å². The molecule has 0 aliphatic heterocycles. The van der Waals surface area contributed by atoms with E-state index >= 15 is 0 Å². The summed E-state index contributed by atoms with van der Waals surface area (Å²) in [6.45, 7) is 11.3. The Labute approximate surface area is 89.9 Å². The summed E-state index contributed by atoms with van der Waals surface area (Å²) in [6, 6.07) is 0.610. The molecule has 0 unspecified atom stereocenters. The zero-order valence-electron chi connectivity index (χ0n) is 10.6. The van der Waals surface area contributed by atoms with Crippen molar-refractivity contribution in [3.8, 4) is 0 Å². The Morgan fingerprint density at radius 1 is 1.07 bits per heavy atom. The van der Waals surface area contributed by atoms with Crippen molar-refractivity contribution in [1.82, 2.24) is 10.6 Å². The highest BCUT2D eigenvalue weighted by Gasteiger charge is 2.10. The summed E-state index contributed by atoms with van der Waals surface area (Å²) in [5.74, 6) is 1.63. The van der Waals surface area contributed by atoms with E-state index < -0.39 is 0 Å². The van der Waals surface area contributed by atoms with Gasteiger partial charge in [0.05, 0.1) is 0 Å². The third-order valence-corrected chi connectivity index (χ3v) is 2.42. The van der Waals surface area contributed by atoms with Crippen molar-refractivity contribution >= 4 is 0 Å². The van der Waals surface area contributed by atoms with Crippen LogP contribution >= 0.6 is 0 Å². The maximum absolute atomic E-state index is 3.53. The van der Waals surface area contributed by atoms with Crippen molar-refractivity contribution in [1.29, 1.82) is 0 Å². The maximum atomic E-state index is 3.53. The van der Waals surface area contributed by atoms with Crippen LogP contribution in [0, 0.1) is 11.8 Å². The predicted molar refractivity (Wildman–Crippen MR) is 64.6 cm³/mol. The zero-order valence-corrected chi connectivity index (χ0v) is 10.6. The van der Waals surface area contributed by atoms with Gasteiger partial charge in [-0.25, -0.2) is 0 Å². The maximum Gasteiger partial charge on any atom is 0.00104 e. The van der Waals surface area contributed by atoms with Crippen LogP contribution in [0.4, 0.5) is 0 Å². The summed E-state index contributed by atoms with van der Waals surface area (Å²) in [6.07, 6.45) is 2.62. The van der Waals surface area contributed by atoms with Crippen LogP contribution < -0.4 is 10.6 Å². The van der Waals surface area contributed by atoms with Crippen LogP contribution in [0.1, 0.15) is 40.5 Å². The van der Waals surface area contributed by atoms with Gasteiger partial charge in [0, 0.05) is 6.04 Å². The first-order chi connectivity index (χ1) is 6.56. The van der Waals surface area contributed by atoms with Crippen molar-refractivity contribution < 1.29 is 0 Å². The number of rotatable bonds is 8. The molecule has 0 heterocycles. The van der Waals surface area contributed by atoms with Crippen molar-refractivity contribution in [3.63, 3.8) is 0 Å². The Hall–Kier alpha value is -0.0800. The normalized spacial score (nSPS) is 13.9. The standard InChI is InChI=1S/C12H28N2/c1-10(2)8-12(6-7-13-5)9-14-11(3)4/h10-14H,6-9H2,1-5H3/t12-/m1/s1. The van der Waals surface area contributed by atoms with Gasteiger partial charge in [-0.3, -0.25) is 0 Å². The molecule has 0 aromatic rings. The second-order valence-electron chi connectivity index (χ2n) is 4.95. The summed E-state index contributed by atoms with van der Waals surface area (Å²) >= 11 is 0. The molecular weight excluding hydrogens is 172 g/mol. The van der Waals surface area contributed by atoms with Gasteiger partial charge in [0.2, 0.25) is 0 Å². The molecule has 0 aromatic carbocycles. The monoisotopic (exact) mass is 200 g/mol. The van der Waals surface area contributed by atoms with E-state index in [2.05, 4.69) is 38.3 Å². The second-order valence-corrected chi connectivity index (χ2v) is 4.95. The molecule has 14 heavy (non-hydrogen) atoms. The lowest BCUT2D eigenvalue weighted by atomic mass is 9.94. The molecule has 2 N–H and O–H groups in total. The summed E-state index contributed by atoms with van der Waals surface area (Å²) in [5.41, 5.74) is 0. The lowest BCUT2D eigenvalue weighted by Gasteiger charge is -2.20. The molecule has 0 spiro atoms. The Balaban J connectivity index is 3.72. The topological polar surface area (TPSA) is 24.1 Å². The second kappa shape index (κ2) is 8.25. The minimum Gasteiger partial charge on any atom is -0.320 e. The van der Waals surface area contributed by atoms with E-state index in [0.717, 1.165) is 24.9 Å². The molecule has 0 bridgehead atoms. The van der Waals surface area contributed by atoms with Crippen LogP contribution in [0.15, 0.2) is 0 Å². The summed E-state index contributed by atoms with van der Waals surface area (Å²) in [5, 5.41) is 6.76. The van der Waals surface area contributed by atoms with Crippen molar-refractivity contribution in [2.24, 2.45) is 11.8 Å². The van der Waals surface area contributed by atoms with Crippen LogP contribution in [0.3, 0.4) is 0 Å². The van der Waals surface area contributed by atoms with E-state index in [1.54, 1.807) is 0 Å². The van der Waals surface area contributed by atoms with Gasteiger partial charge in [-0.05, 0) is 44.8 Å². The number of nitrogens with one attached hydrogen (secondary N) is 2. The molecule has 86 valence electrons. The van der Waals surface area contributed by atoms with E-state index in [1.165, 1.54) is 12.8 Å². The summed E-state index contributed by atoms with van der Waals surface area (Å²) in [7, 11) is 2.03. The first-order valence-corrected chi connectivity index (χ1v) is 5.94. The number of hydrogen-bond acceptors (Lipinski definition) is 2. The third-order valence-electron chi connectivity index (χ3n) is 2.42. The molecule has 2 heteroatoms. The molecule has 1 atom stereocenters. The van der Waals surface area contributed by atoms with E-state index in [0.29, 0.717) is 6.04 Å². The highest BCUT2D eigenvalue weighted by atomic mass is 14.9. The molecule has 0 radical (unpaired) electrons. The lowest BCUT2D eigenvalue weighted by Crippen LogP contribution is -2.31. The predicted octanol–water partition coefficient (Wildman–Crippen LogP) is 2.26. The largest absolute Gasteiger partial charge is 0.320 e. The van der Waals surface area contributed by atoms with Crippen LogP contribution in [0.2, 0.25) is 0 Å². The average molecular weight is 200 g/mol. The lowest BCUT2D eigenvalue weighted by molar-refractivity contribution is 0.353. The Morgan fingerprint density at radius 3 is 2.14 bits per heavy atom. The average Bonchev–Trinajstić information content (AvgIpc) is 2.09. The number of hydrogen-bond donors (Lipinski definition) is 2. The van der Waals surface area contributed by atoms with Gasteiger partial charge in [-0.2, -0.15) is 0 Å². The first-order valence-electron chi connectivity index (χ1n) is 5.94. The molecule has 0 aliphatic rings. The minimum atomic E-state index is 0.610. The Kier molecular flexibility index (Phi) is 8.20. The van der Waals surface area contributed by atoms with Crippen LogP contribution in [-0.2, 0) is 0 Å². The fourth-order valence-electron chi connectivity index (χ4n) is 1.72. The van der Waals surface area contributed by atoms with Crippen LogP contribution in [0.25, 0.3) is 0 Å². The van der Waals surface area contributed by atoms with Crippen molar-refractivity contribution in [2.75, 3.05) is 20.1 Å². The molecule has 0 aliphatic carbocycles. The fourth-order valence-corrected chi connectivity index (χ4v) is 1.72.